The number of hydrogen-bond donors (Lipinski definition) is 0. The highest BCUT2D eigenvalue weighted by Crippen LogP contribution is 2.21. The molecular weight excluding hydrogens is 422 g/mol. The number of sulfonamides is 1. The van der Waals surface area contributed by atoms with Gasteiger partial charge in [-0.2, -0.15) is 9.30 Å². The molecule has 158 valence electrons. The number of ether oxygens (including phenoxy) is 1. The zero-order valence-electron chi connectivity index (χ0n) is 16.9. The van der Waals surface area contributed by atoms with Crippen molar-refractivity contribution in [2.75, 3.05) is 26.3 Å². The van der Waals surface area contributed by atoms with E-state index >= 15 is 0 Å². The third-order valence-electron chi connectivity index (χ3n) is 5.13. The number of hydrogen-bond acceptors (Lipinski definition) is 5. The highest BCUT2D eigenvalue weighted by atomic mass is 32.2. The van der Waals surface area contributed by atoms with Gasteiger partial charge in [0.1, 0.15) is 0 Å². The molecule has 1 fully saturated rings. The number of morpholine rings is 1. The average Bonchev–Trinajstić information content (AvgIpc) is 3.12. The number of amides is 1. The summed E-state index contributed by atoms with van der Waals surface area (Å²) in [5.41, 5.74) is 2.58. The van der Waals surface area contributed by atoms with E-state index in [9.17, 15) is 13.2 Å². The van der Waals surface area contributed by atoms with Crippen LogP contribution in [0.5, 0.6) is 0 Å². The molecule has 7 nitrogen and oxygen atoms in total. The lowest BCUT2D eigenvalue weighted by Gasteiger charge is -2.26. The van der Waals surface area contributed by atoms with Gasteiger partial charge >= 0.3 is 0 Å². The van der Waals surface area contributed by atoms with Crippen LogP contribution >= 0.6 is 11.3 Å². The van der Waals surface area contributed by atoms with Gasteiger partial charge in [-0.15, -0.1) is 0 Å². The average molecular weight is 446 g/mol. The van der Waals surface area contributed by atoms with Crippen molar-refractivity contribution in [1.29, 1.82) is 0 Å². The Morgan fingerprint density at radius 2 is 1.83 bits per heavy atom. The number of aryl methyl sites for hydroxylation is 2. The second kappa shape index (κ2) is 8.43. The fourth-order valence-corrected chi connectivity index (χ4v) is 6.12. The molecule has 0 N–H and O–H groups in total. The molecule has 0 saturated carbocycles. The van der Waals surface area contributed by atoms with Crippen LogP contribution in [0.1, 0.15) is 22.8 Å². The Kier molecular flexibility index (Phi) is 5.88. The molecule has 1 saturated heterocycles. The molecule has 1 aromatic heterocycles. The number of carbonyl (C=O) groups is 1. The van der Waals surface area contributed by atoms with E-state index in [0.717, 1.165) is 15.8 Å². The van der Waals surface area contributed by atoms with Crippen LogP contribution in [-0.4, -0.2) is 49.5 Å². The second-order valence-electron chi connectivity index (χ2n) is 7.01. The van der Waals surface area contributed by atoms with Crippen LogP contribution in [0.3, 0.4) is 0 Å². The number of aromatic nitrogens is 1. The summed E-state index contributed by atoms with van der Waals surface area (Å²) in [5.74, 6) is -0.392. The standard InChI is InChI=1S/C21H23N3O4S2/c1-3-24-19-15(2)5-4-6-18(19)29-21(24)22-20(25)16-7-9-17(10-8-16)30(26,27)23-11-13-28-14-12-23/h4-10H,3,11-14H2,1-2H3. The minimum absolute atomic E-state index is 0.169. The van der Waals surface area contributed by atoms with Gasteiger partial charge in [-0.25, -0.2) is 8.42 Å². The first-order chi connectivity index (χ1) is 14.4. The van der Waals surface area contributed by atoms with Gasteiger partial charge in [-0.1, -0.05) is 23.5 Å². The summed E-state index contributed by atoms with van der Waals surface area (Å²) in [6.07, 6.45) is 0. The second-order valence-corrected chi connectivity index (χ2v) is 9.96. The molecule has 1 aliphatic heterocycles. The van der Waals surface area contributed by atoms with E-state index in [1.807, 2.05) is 36.6 Å². The lowest BCUT2D eigenvalue weighted by Crippen LogP contribution is -2.40. The first kappa shape index (κ1) is 20.9. The van der Waals surface area contributed by atoms with Crippen molar-refractivity contribution in [3.05, 3.63) is 58.4 Å². The number of nitrogens with zero attached hydrogens (tertiary/aromatic N) is 3. The highest BCUT2D eigenvalue weighted by molar-refractivity contribution is 7.89. The van der Waals surface area contributed by atoms with Crippen LogP contribution in [0.25, 0.3) is 10.2 Å². The monoisotopic (exact) mass is 445 g/mol. The molecule has 0 unspecified atom stereocenters. The van der Waals surface area contributed by atoms with E-state index in [-0.39, 0.29) is 4.90 Å². The predicted octanol–water partition coefficient (Wildman–Crippen LogP) is 2.79. The highest BCUT2D eigenvalue weighted by Gasteiger charge is 2.26. The number of thiazole rings is 1. The molecule has 0 radical (unpaired) electrons. The van der Waals surface area contributed by atoms with Gasteiger partial charge in [-0.05, 0) is 49.7 Å². The lowest BCUT2D eigenvalue weighted by molar-refractivity contribution is 0.0730. The van der Waals surface area contributed by atoms with Gasteiger partial charge in [0.25, 0.3) is 5.91 Å². The Bertz CT molecular complexity index is 1250. The number of carbonyl (C=O) groups excluding carboxylic acids is 1. The van der Waals surface area contributed by atoms with Gasteiger partial charge in [0, 0.05) is 25.2 Å². The van der Waals surface area contributed by atoms with Crippen LogP contribution < -0.4 is 4.80 Å². The molecule has 4 rings (SSSR count). The van der Waals surface area contributed by atoms with E-state index in [1.165, 1.54) is 39.9 Å². The van der Waals surface area contributed by atoms with Gasteiger partial charge in [0.15, 0.2) is 4.80 Å². The Balaban J connectivity index is 1.65. The van der Waals surface area contributed by atoms with Gasteiger partial charge in [0.2, 0.25) is 10.0 Å². The van der Waals surface area contributed by atoms with E-state index in [0.29, 0.717) is 43.2 Å². The molecule has 3 aromatic rings. The minimum atomic E-state index is -3.59. The number of rotatable bonds is 4. The molecule has 0 bridgehead atoms. The van der Waals surface area contributed by atoms with Crippen LogP contribution in [0.15, 0.2) is 52.4 Å². The van der Waals surface area contributed by atoms with E-state index in [1.54, 1.807) is 0 Å². The van der Waals surface area contributed by atoms with E-state index in [2.05, 4.69) is 4.99 Å². The van der Waals surface area contributed by atoms with Crippen LogP contribution in [0.2, 0.25) is 0 Å². The molecule has 0 spiro atoms. The normalized spacial score (nSPS) is 16.3. The maximum absolute atomic E-state index is 12.8. The first-order valence-electron chi connectivity index (χ1n) is 9.78. The largest absolute Gasteiger partial charge is 0.379 e. The van der Waals surface area contributed by atoms with Crippen molar-refractivity contribution in [3.63, 3.8) is 0 Å². The maximum atomic E-state index is 12.8. The van der Waals surface area contributed by atoms with Crippen LogP contribution in [0, 0.1) is 6.92 Å². The molecule has 0 aliphatic carbocycles. The van der Waals surface area contributed by atoms with Crippen molar-refractivity contribution >= 4 is 37.5 Å². The molecule has 9 heteroatoms. The van der Waals surface area contributed by atoms with Crippen LogP contribution in [0.4, 0.5) is 0 Å². The molecule has 2 aromatic carbocycles. The molecule has 1 amide bonds. The van der Waals surface area contributed by atoms with Crippen molar-refractivity contribution in [2.24, 2.45) is 4.99 Å². The summed E-state index contributed by atoms with van der Waals surface area (Å²) >= 11 is 1.47. The van der Waals surface area contributed by atoms with Crippen molar-refractivity contribution in [2.45, 2.75) is 25.3 Å². The van der Waals surface area contributed by atoms with Gasteiger partial charge in [0.05, 0.1) is 28.3 Å². The number of para-hydroxylation sites is 1. The SMILES string of the molecule is CCn1c(=NC(=O)c2ccc(S(=O)(=O)N3CCOCC3)cc2)sc2cccc(C)c21. The third kappa shape index (κ3) is 3.85. The Labute approximate surface area is 179 Å². The maximum Gasteiger partial charge on any atom is 0.279 e. The Hall–Kier alpha value is -2.33. The lowest BCUT2D eigenvalue weighted by atomic mass is 10.2. The van der Waals surface area contributed by atoms with E-state index < -0.39 is 15.9 Å². The quantitative estimate of drug-likeness (QED) is 0.618. The Morgan fingerprint density at radius 1 is 1.13 bits per heavy atom. The minimum Gasteiger partial charge on any atom is -0.379 e. The zero-order chi connectivity index (χ0) is 21.3. The van der Waals surface area contributed by atoms with Crippen molar-refractivity contribution in [3.8, 4) is 0 Å². The number of fused-ring (bicyclic) bond motifs is 1. The predicted molar refractivity (Wildman–Crippen MR) is 116 cm³/mol. The summed E-state index contributed by atoms with van der Waals surface area (Å²) in [4.78, 5) is 17.9. The Morgan fingerprint density at radius 3 is 2.50 bits per heavy atom. The summed E-state index contributed by atoms with van der Waals surface area (Å²) < 4.78 is 35.2. The van der Waals surface area contributed by atoms with Crippen molar-refractivity contribution in [1.82, 2.24) is 8.87 Å². The van der Waals surface area contributed by atoms with Gasteiger partial charge in [-0.3, -0.25) is 4.79 Å². The van der Waals surface area contributed by atoms with Crippen LogP contribution in [-0.2, 0) is 21.3 Å². The number of benzene rings is 2. The molecule has 1 aliphatic rings. The summed E-state index contributed by atoms with van der Waals surface area (Å²) in [5, 5.41) is 0. The molecular formula is C21H23N3O4S2. The smallest absolute Gasteiger partial charge is 0.279 e. The molecule has 0 atom stereocenters. The fraction of sp³-hybridized carbons (Fsp3) is 0.333. The molecule has 30 heavy (non-hydrogen) atoms. The zero-order valence-corrected chi connectivity index (χ0v) is 18.5. The fourth-order valence-electron chi connectivity index (χ4n) is 3.54. The van der Waals surface area contributed by atoms with E-state index in [4.69, 9.17) is 4.74 Å². The summed E-state index contributed by atoms with van der Waals surface area (Å²) in [7, 11) is -3.59. The molecule has 2 heterocycles. The third-order valence-corrected chi connectivity index (χ3v) is 8.08. The van der Waals surface area contributed by atoms with Crippen molar-refractivity contribution < 1.29 is 17.9 Å². The van der Waals surface area contributed by atoms with Gasteiger partial charge < -0.3 is 9.30 Å². The summed E-state index contributed by atoms with van der Waals surface area (Å²) in [6.45, 7) is 6.21. The topological polar surface area (TPSA) is 81.0 Å². The summed E-state index contributed by atoms with van der Waals surface area (Å²) in [6, 6.07) is 12.0. The first-order valence-corrected chi connectivity index (χ1v) is 12.0.